The molecule has 0 fully saturated rings. The van der Waals surface area contributed by atoms with E-state index < -0.39 is 5.97 Å². The highest BCUT2D eigenvalue weighted by atomic mass is 16.6. The van der Waals surface area contributed by atoms with E-state index in [2.05, 4.69) is 32.9 Å². The third-order valence-electron chi connectivity index (χ3n) is 5.26. The van der Waals surface area contributed by atoms with Crippen LogP contribution in [0.5, 0.6) is 0 Å². The average molecular weight is 399 g/mol. The van der Waals surface area contributed by atoms with Gasteiger partial charge in [0.1, 0.15) is 5.76 Å². The van der Waals surface area contributed by atoms with Gasteiger partial charge in [0.15, 0.2) is 11.5 Å². The highest BCUT2D eigenvalue weighted by Crippen LogP contribution is 2.26. The lowest BCUT2D eigenvalue weighted by Crippen LogP contribution is -1.97. The van der Waals surface area contributed by atoms with Crippen LogP contribution in [0.2, 0.25) is 0 Å². The molecule has 1 aliphatic heterocycles. The molecule has 2 rings (SSSR count). The van der Waals surface area contributed by atoms with Crippen molar-refractivity contribution in [2.45, 2.75) is 72.6 Å². The molecule has 1 aromatic rings. The summed E-state index contributed by atoms with van der Waals surface area (Å²) in [4.78, 5) is 11.4. The predicted octanol–water partition coefficient (Wildman–Crippen LogP) is 6.96. The van der Waals surface area contributed by atoms with E-state index in [1.807, 2.05) is 18.2 Å². The number of cyclic esters (lactones) is 1. The van der Waals surface area contributed by atoms with E-state index in [1.54, 1.807) is 13.2 Å². The summed E-state index contributed by atoms with van der Waals surface area (Å²) in [5, 5.41) is 9.88. The molecule has 1 unspecified atom stereocenters. The summed E-state index contributed by atoms with van der Waals surface area (Å²) >= 11 is 0. The van der Waals surface area contributed by atoms with Gasteiger partial charge >= 0.3 is 5.97 Å². The molecule has 4 heteroatoms. The summed E-state index contributed by atoms with van der Waals surface area (Å²) in [5.74, 6) is 1.12. The van der Waals surface area contributed by atoms with E-state index in [0.717, 1.165) is 50.7 Å². The van der Waals surface area contributed by atoms with Gasteiger partial charge in [-0.1, -0.05) is 30.2 Å². The molecule has 0 spiro atoms. The zero-order valence-electron chi connectivity index (χ0n) is 18.2. The second kappa shape index (κ2) is 11.5. The zero-order valence-corrected chi connectivity index (χ0v) is 18.2. The molecule has 0 saturated heterocycles. The van der Waals surface area contributed by atoms with Crippen LogP contribution in [0.3, 0.4) is 0 Å². The SMILES string of the molecule is CC(=CCCc1ccco1)CCC=C(C)CCCC(C)C=C1OC(=O)C(C)=C1O. The van der Waals surface area contributed by atoms with Crippen molar-refractivity contribution < 1.29 is 19.1 Å². The summed E-state index contributed by atoms with van der Waals surface area (Å²) in [6.45, 7) is 8.04. The first-order chi connectivity index (χ1) is 13.9. The first-order valence-electron chi connectivity index (χ1n) is 10.5. The molecule has 158 valence electrons. The van der Waals surface area contributed by atoms with Gasteiger partial charge < -0.3 is 14.3 Å². The Labute approximate surface area is 174 Å². The fourth-order valence-corrected chi connectivity index (χ4v) is 3.33. The van der Waals surface area contributed by atoms with Crippen LogP contribution in [0, 0.1) is 5.92 Å². The van der Waals surface area contributed by atoms with Gasteiger partial charge in [-0.25, -0.2) is 4.79 Å². The van der Waals surface area contributed by atoms with Crippen molar-refractivity contribution in [3.63, 3.8) is 0 Å². The van der Waals surface area contributed by atoms with Crippen molar-refractivity contribution in [2.24, 2.45) is 5.92 Å². The number of aryl methyl sites for hydroxylation is 1. The van der Waals surface area contributed by atoms with E-state index in [9.17, 15) is 9.90 Å². The summed E-state index contributed by atoms with van der Waals surface area (Å²) in [6.07, 6.45) is 15.5. The molecular formula is C25H34O4. The molecular weight excluding hydrogens is 364 g/mol. The van der Waals surface area contributed by atoms with Crippen molar-refractivity contribution >= 4 is 5.97 Å². The van der Waals surface area contributed by atoms with Crippen molar-refractivity contribution in [1.29, 1.82) is 0 Å². The number of carbonyl (C=O) groups excluding carboxylic acids is 1. The Morgan fingerprint density at radius 2 is 1.90 bits per heavy atom. The first kappa shape index (κ1) is 22.8. The van der Waals surface area contributed by atoms with E-state index >= 15 is 0 Å². The van der Waals surface area contributed by atoms with Crippen LogP contribution >= 0.6 is 0 Å². The molecule has 29 heavy (non-hydrogen) atoms. The van der Waals surface area contributed by atoms with Crippen LogP contribution in [-0.2, 0) is 16.0 Å². The smallest absolute Gasteiger partial charge is 0.343 e. The maximum absolute atomic E-state index is 11.4. The zero-order chi connectivity index (χ0) is 21.2. The molecule has 1 aromatic heterocycles. The van der Waals surface area contributed by atoms with Gasteiger partial charge in [-0.15, -0.1) is 0 Å². The minimum absolute atomic E-state index is 0.0227. The van der Waals surface area contributed by atoms with Gasteiger partial charge in [0.2, 0.25) is 0 Å². The number of hydrogen-bond donors (Lipinski definition) is 1. The minimum Gasteiger partial charge on any atom is -0.504 e. The number of ether oxygens (including phenoxy) is 1. The van der Waals surface area contributed by atoms with Gasteiger partial charge in [0.25, 0.3) is 0 Å². The standard InChI is InChI=1S/C25H34O4/c1-18(9-5-10-19(2)12-7-14-22-15-8-16-28-22)11-6-13-20(3)17-23-24(26)21(4)25(27)29-23/h8-9,12,15-17,20,26H,5-7,10-11,13-14H2,1-4H3. The highest BCUT2D eigenvalue weighted by molar-refractivity contribution is 5.93. The van der Waals surface area contributed by atoms with Gasteiger partial charge in [-0.05, 0) is 83.4 Å². The molecule has 1 N–H and O–H groups in total. The van der Waals surface area contributed by atoms with Crippen molar-refractivity contribution in [3.05, 3.63) is 70.6 Å². The topological polar surface area (TPSA) is 59.7 Å². The number of esters is 1. The van der Waals surface area contributed by atoms with E-state index in [-0.39, 0.29) is 17.3 Å². The molecule has 0 bridgehead atoms. The normalized spacial score (nSPS) is 17.9. The molecule has 1 aliphatic rings. The third-order valence-corrected chi connectivity index (χ3v) is 5.26. The van der Waals surface area contributed by atoms with Gasteiger partial charge in [0.05, 0.1) is 11.8 Å². The average Bonchev–Trinajstić information content (AvgIpc) is 3.27. The van der Waals surface area contributed by atoms with Crippen molar-refractivity contribution in [3.8, 4) is 0 Å². The van der Waals surface area contributed by atoms with Gasteiger partial charge in [-0.2, -0.15) is 0 Å². The fourth-order valence-electron chi connectivity index (χ4n) is 3.33. The van der Waals surface area contributed by atoms with Crippen LogP contribution in [0.25, 0.3) is 0 Å². The Morgan fingerprint density at radius 3 is 2.55 bits per heavy atom. The lowest BCUT2D eigenvalue weighted by atomic mass is 9.99. The summed E-state index contributed by atoms with van der Waals surface area (Å²) in [7, 11) is 0. The second-order valence-electron chi connectivity index (χ2n) is 8.02. The Balaban J connectivity index is 1.63. The third kappa shape index (κ3) is 7.80. The molecule has 0 radical (unpaired) electrons. The van der Waals surface area contributed by atoms with Gasteiger partial charge in [-0.3, -0.25) is 0 Å². The van der Waals surface area contributed by atoms with E-state index in [0.29, 0.717) is 5.76 Å². The summed E-state index contributed by atoms with van der Waals surface area (Å²) in [6, 6.07) is 3.95. The molecule has 0 aliphatic carbocycles. The number of allylic oxidation sites excluding steroid dienone is 5. The first-order valence-corrected chi connectivity index (χ1v) is 10.5. The number of aliphatic hydroxyl groups is 1. The molecule has 2 heterocycles. The fraction of sp³-hybridized carbons (Fsp3) is 0.480. The van der Waals surface area contributed by atoms with E-state index in [1.165, 1.54) is 11.1 Å². The van der Waals surface area contributed by atoms with Crippen molar-refractivity contribution in [1.82, 2.24) is 0 Å². The van der Waals surface area contributed by atoms with Crippen LogP contribution < -0.4 is 0 Å². The lowest BCUT2D eigenvalue weighted by Gasteiger charge is -2.08. The highest BCUT2D eigenvalue weighted by Gasteiger charge is 2.26. The van der Waals surface area contributed by atoms with Crippen LogP contribution in [-0.4, -0.2) is 11.1 Å². The number of furan rings is 1. The molecule has 1 atom stereocenters. The largest absolute Gasteiger partial charge is 0.504 e. The summed E-state index contributed by atoms with van der Waals surface area (Å²) < 4.78 is 10.4. The second-order valence-corrected chi connectivity index (χ2v) is 8.02. The van der Waals surface area contributed by atoms with Crippen LogP contribution in [0.1, 0.15) is 72.0 Å². The number of rotatable bonds is 11. The Kier molecular flexibility index (Phi) is 9.04. The predicted molar refractivity (Wildman–Crippen MR) is 116 cm³/mol. The Hall–Kier alpha value is -2.49. The van der Waals surface area contributed by atoms with Gasteiger partial charge in [0, 0.05) is 6.42 Å². The molecule has 0 aromatic carbocycles. The molecule has 4 nitrogen and oxygen atoms in total. The Bertz CT molecular complexity index is 791. The molecule has 0 saturated carbocycles. The number of hydrogen-bond acceptors (Lipinski definition) is 4. The van der Waals surface area contributed by atoms with E-state index in [4.69, 9.17) is 9.15 Å². The molecule has 0 amide bonds. The number of carbonyl (C=O) groups is 1. The maximum atomic E-state index is 11.4. The minimum atomic E-state index is -0.454. The lowest BCUT2D eigenvalue weighted by molar-refractivity contribution is -0.133. The number of aliphatic hydroxyl groups excluding tert-OH is 1. The maximum Gasteiger partial charge on any atom is 0.343 e. The Morgan fingerprint density at radius 1 is 1.17 bits per heavy atom. The van der Waals surface area contributed by atoms with Crippen molar-refractivity contribution in [2.75, 3.05) is 0 Å². The van der Waals surface area contributed by atoms with Crippen LogP contribution in [0.15, 0.2) is 69.3 Å². The quantitative estimate of drug-likeness (QED) is 0.323. The monoisotopic (exact) mass is 398 g/mol. The van der Waals surface area contributed by atoms with Crippen LogP contribution in [0.4, 0.5) is 0 Å². The summed E-state index contributed by atoms with van der Waals surface area (Å²) in [5.41, 5.74) is 3.13.